The zero-order valence-electron chi connectivity index (χ0n) is 49.9. The summed E-state index contributed by atoms with van der Waals surface area (Å²) in [5, 5.41) is 9.72. The van der Waals surface area contributed by atoms with Gasteiger partial charge in [-0.3, -0.25) is 9.59 Å². The number of hydrogen-bond acceptors (Lipinski definition) is 7. The van der Waals surface area contributed by atoms with Gasteiger partial charge in [0.15, 0.2) is 6.10 Å². The van der Waals surface area contributed by atoms with Crippen molar-refractivity contribution in [2.24, 2.45) is 0 Å². The Bertz CT molecular complexity index is 1520. The lowest BCUT2D eigenvalue weighted by Crippen LogP contribution is -2.40. The van der Waals surface area contributed by atoms with Crippen molar-refractivity contribution in [2.75, 3.05) is 47.5 Å². The van der Waals surface area contributed by atoms with Crippen molar-refractivity contribution in [3.63, 3.8) is 0 Å². The molecule has 76 heavy (non-hydrogen) atoms. The maximum absolute atomic E-state index is 12.9. The average molecular weight is 1070 g/mol. The van der Waals surface area contributed by atoms with E-state index in [0.717, 1.165) is 83.5 Å². The van der Waals surface area contributed by atoms with E-state index in [1.54, 1.807) is 0 Å². The van der Waals surface area contributed by atoms with Gasteiger partial charge in [0.1, 0.15) is 13.2 Å². The van der Waals surface area contributed by atoms with Gasteiger partial charge >= 0.3 is 17.9 Å². The van der Waals surface area contributed by atoms with Crippen LogP contribution in [-0.2, 0) is 33.3 Å². The van der Waals surface area contributed by atoms with Crippen LogP contribution in [0.1, 0.15) is 264 Å². The fraction of sp³-hybridized carbons (Fsp3) is 0.746. The second-order valence-electron chi connectivity index (χ2n) is 22.0. The van der Waals surface area contributed by atoms with Crippen molar-refractivity contribution < 1.29 is 42.9 Å². The van der Waals surface area contributed by atoms with Crippen LogP contribution in [0.2, 0.25) is 0 Å². The molecule has 0 aromatic carbocycles. The number of rotatable bonds is 57. The highest BCUT2D eigenvalue weighted by molar-refractivity contribution is 5.71. The quantitative estimate of drug-likeness (QED) is 0.0211. The molecular formula is C67H118NO8+. The van der Waals surface area contributed by atoms with Crippen molar-refractivity contribution in [3.05, 3.63) is 85.1 Å². The number of hydrogen-bond donors (Lipinski definition) is 1. The van der Waals surface area contributed by atoms with Gasteiger partial charge in [-0.15, -0.1) is 0 Å². The fourth-order valence-corrected chi connectivity index (χ4v) is 8.64. The van der Waals surface area contributed by atoms with Crippen LogP contribution in [0.25, 0.3) is 0 Å². The number of likely N-dealkylation sites (N-methyl/N-ethyl adjacent to an activating group) is 1. The van der Waals surface area contributed by atoms with Crippen molar-refractivity contribution in [1.29, 1.82) is 0 Å². The third-order valence-electron chi connectivity index (χ3n) is 13.4. The standard InChI is InChI=1S/C67H117NO8/c1-6-8-10-12-14-16-18-20-22-24-26-28-30-32-34-35-37-39-41-43-45-47-49-51-53-55-57-64(69)74-61-63(62-75-67(66(71)72)73-60-59-68(3,4)5)76-65(70)58-56-54-52-50-48-46-44-42-40-38-36-33-31-29-27-25-23-21-19-17-15-13-11-9-7-2/h9,11,15,17,21,23,27,29,33,36,40,42,46,48,63,67H,6-8,10,12-14,16,18-20,22,24-26,28,30-32,34-35,37-39,41,43-45,47,49-62H2,1-5H3/p+1/b11-9-,17-15-,23-21-,29-27-,36-33-,42-40-,48-46-. The Morgan fingerprint density at radius 1 is 0.408 bits per heavy atom. The van der Waals surface area contributed by atoms with E-state index in [2.05, 4.69) is 98.9 Å². The van der Waals surface area contributed by atoms with Gasteiger partial charge in [0.2, 0.25) is 0 Å². The predicted molar refractivity (Wildman–Crippen MR) is 322 cm³/mol. The van der Waals surface area contributed by atoms with E-state index in [9.17, 15) is 19.5 Å². The molecule has 0 spiro atoms. The third-order valence-corrected chi connectivity index (χ3v) is 13.4. The largest absolute Gasteiger partial charge is 0.477 e. The predicted octanol–water partition coefficient (Wildman–Crippen LogP) is 18.7. The van der Waals surface area contributed by atoms with Crippen molar-refractivity contribution in [2.45, 2.75) is 277 Å². The molecule has 0 aliphatic rings. The summed E-state index contributed by atoms with van der Waals surface area (Å²) >= 11 is 0. The summed E-state index contributed by atoms with van der Waals surface area (Å²) in [6.45, 7) is 4.75. The molecule has 0 aliphatic carbocycles. The first-order valence-electron chi connectivity index (χ1n) is 31.3. The van der Waals surface area contributed by atoms with E-state index >= 15 is 0 Å². The summed E-state index contributed by atoms with van der Waals surface area (Å²) in [6, 6.07) is 0. The summed E-state index contributed by atoms with van der Waals surface area (Å²) in [4.78, 5) is 37.5. The Morgan fingerprint density at radius 3 is 1.12 bits per heavy atom. The number of carboxylic acids is 1. The Balaban J connectivity index is 4.26. The summed E-state index contributed by atoms with van der Waals surface area (Å²) in [5.74, 6) is -2.05. The molecule has 0 aliphatic heterocycles. The molecule has 9 heteroatoms. The summed E-state index contributed by atoms with van der Waals surface area (Å²) in [5.41, 5.74) is 0. The molecule has 0 rings (SSSR count). The van der Waals surface area contributed by atoms with Gasteiger partial charge in [0.25, 0.3) is 6.29 Å². The van der Waals surface area contributed by atoms with Crippen LogP contribution in [0, 0.1) is 0 Å². The lowest BCUT2D eigenvalue weighted by atomic mass is 10.0. The lowest BCUT2D eigenvalue weighted by molar-refractivity contribution is -0.870. The normalized spacial score (nSPS) is 13.3. The molecule has 2 atom stereocenters. The van der Waals surface area contributed by atoms with Crippen LogP contribution in [0.3, 0.4) is 0 Å². The summed E-state index contributed by atoms with van der Waals surface area (Å²) in [6.07, 6.45) is 73.9. The van der Waals surface area contributed by atoms with Gasteiger partial charge in [-0.05, 0) is 70.6 Å². The number of allylic oxidation sites excluding steroid dienone is 14. The number of unbranched alkanes of at least 4 members (excludes halogenated alkanes) is 28. The molecule has 0 amide bonds. The molecule has 0 aromatic rings. The molecule has 1 N–H and O–H groups in total. The van der Waals surface area contributed by atoms with Crippen LogP contribution < -0.4 is 0 Å². The number of esters is 2. The van der Waals surface area contributed by atoms with E-state index in [-0.39, 0.29) is 32.2 Å². The molecule has 0 heterocycles. The maximum atomic E-state index is 12.9. The molecule has 0 bridgehead atoms. The Morgan fingerprint density at radius 2 is 0.750 bits per heavy atom. The van der Waals surface area contributed by atoms with Crippen LogP contribution in [0.15, 0.2) is 85.1 Å². The van der Waals surface area contributed by atoms with Gasteiger partial charge in [0.05, 0.1) is 34.4 Å². The van der Waals surface area contributed by atoms with Gasteiger partial charge in [-0.25, -0.2) is 4.79 Å². The van der Waals surface area contributed by atoms with E-state index in [1.165, 1.54) is 148 Å². The van der Waals surface area contributed by atoms with E-state index in [1.807, 2.05) is 21.1 Å². The summed E-state index contributed by atoms with van der Waals surface area (Å²) in [7, 11) is 5.96. The van der Waals surface area contributed by atoms with Crippen molar-refractivity contribution in [1.82, 2.24) is 0 Å². The summed E-state index contributed by atoms with van der Waals surface area (Å²) < 4.78 is 22.9. The topological polar surface area (TPSA) is 108 Å². The zero-order chi connectivity index (χ0) is 55.5. The molecule has 0 saturated carbocycles. The van der Waals surface area contributed by atoms with E-state index in [0.29, 0.717) is 23.9 Å². The lowest BCUT2D eigenvalue weighted by Gasteiger charge is -2.25. The molecule has 2 unspecified atom stereocenters. The second-order valence-corrected chi connectivity index (χ2v) is 22.0. The fourth-order valence-electron chi connectivity index (χ4n) is 8.64. The van der Waals surface area contributed by atoms with Gasteiger partial charge in [-0.1, -0.05) is 266 Å². The highest BCUT2D eigenvalue weighted by Gasteiger charge is 2.25. The average Bonchev–Trinajstić information content (AvgIpc) is 3.39. The maximum Gasteiger partial charge on any atom is 0.361 e. The first-order valence-corrected chi connectivity index (χ1v) is 31.3. The van der Waals surface area contributed by atoms with Crippen LogP contribution in [-0.4, -0.2) is 87.4 Å². The molecule has 0 radical (unpaired) electrons. The van der Waals surface area contributed by atoms with E-state index < -0.39 is 24.3 Å². The van der Waals surface area contributed by atoms with Gasteiger partial charge in [-0.2, -0.15) is 0 Å². The smallest absolute Gasteiger partial charge is 0.361 e. The monoisotopic (exact) mass is 1060 g/mol. The van der Waals surface area contributed by atoms with E-state index in [4.69, 9.17) is 18.9 Å². The van der Waals surface area contributed by atoms with Crippen LogP contribution >= 0.6 is 0 Å². The SMILES string of the molecule is CC/C=C\C/C=C\C/C=C\C/C=C\C/C=C\C/C=C\C/C=C\CCCCCC(=O)OC(COC(=O)CCCCCCCCCCCCCCCCCCCCCCCCCCCC)COC(OCC[N+](C)(C)C)C(=O)O. The Hall–Kier alpha value is -3.53. The third kappa shape index (κ3) is 58.2. The minimum atomic E-state index is -1.52. The van der Waals surface area contributed by atoms with Crippen molar-refractivity contribution in [3.8, 4) is 0 Å². The minimum Gasteiger partial charge on any atom is -0.477 e. The highest BCUT2D eigenvalue weighted by atomic mass is 16.7. The second kappa shape index (κ2) is 57.6. The molecule has 0 aromatic heterocycles. The number of aliphatic carboxylic acids is 1. The highest BCUT2D eigenvalue weighted by Crippen LogP contribution is 2.17. The molecule has 0 fully saturated rings. The number of quaternary nitrogens is 1. The Labute approximate surface area is 468 Å². The number of carboxylic acid groups (broad SMARTS) is 1. The molecule has 438 valence electrons. The molecule has 0 saturated heterocycles. The zero-order valence-corrected chi connectivity index (χ0v) is 49.9. The number of nitrogens with zero attached hydrogens (tertiary/aromatic N) is 1. The van der Waals surface area contributed by atoms with Gasteiger partial charge < -0.3 is 28.5 Å². The van der Waals surface area contributed by atoms with Crippen molar-refractivity contribution >= 4 is 17.9 Å². The van der Waals surface area contributed by atoms with Crippen LogP contribution in [0.4, 0.5) is 0 Å². The Kier molecular flexibility index (Phi) is 55.0. The minimum absolute atomic E-state index is 0.178. The number of carbonyl (C=O) groups is 3. The molecular weight excluding hydrogens is 947 g/mol. The number of carbonyl (C=O) groups excluding carboxylic acids is 2. The first kappa shape index (κ1) is 72.5. The first-order chi connectivity index (χ1) is 37.1. The van der Waals surface area contributed by atoms with Crippen LogP contribution in [0.5, 0.6) is 0 Å². The number of ether oxygens (including phenoxy) is 4. The molecule has 9 nitrogen and oxygen atoms in total. The van der Waals surface area contributed by atoms with Gasteiger partial charge in [0, 0.05) is 12.8 Å².